The molecule has 0 saturated heterocycles. The number of alkyl carbamates (subject to hydrolysis) is 1. The van der Waals surface area contributed by atoms with Crippen LogP contribution in [0.3, 0.4) is 0 Å². The molecular formula is C32H30N2O6. The Morgan fingerprint density at radius 2 is 1.70 bits per heavy atom. The van der Waals surface area contributed by atoms with Gasteiger partial charge in [-0.2, -0.15) is 0 Å². The maximum absolute atomic E-state index is 13.5. The van der Waals surface area contributed by atoms with E-state index in [2.05, 4.69) is 10.3 Å². The van der Waals surface area contributed by atoms with Crippen LogP contribution in [0.4, 0.5) is 4.79 Å². The summed E-state index contributed by atoms with van der Waals surface area (Å²) in [7, 11) is 0. The molecule has 40 heavy (non-hydrogen) atoms. The quantitative estimate of drug-likeness (QED) is 0.149. The van der Waals surface area contributed by atoms with E-state index >= 15 is 0 Å². The Hall–Kier alpha value is -4.85. The number of benzene rings is 3. The molecule has 1 amide bonds. The number of aromatic nitrogens is 1. The van der Waals surface area contributed by atoms with E-state index in [4.69, 9.17) is 13.9 Å². The topological polar surface area (TPSA) is 111 Å². The lowest BCUT2D eigenvalue weighted by Gasteiger charge is -2.23. The van der Waals surface area contributed by atoms with Crippen LogP contribution in [0.5, 0.6) is 5.75 Å². The van der Waals surface area contributed by atoms with Crippen molar-refractivity contribution >= 4 is 33.9 Å². The van der Waals surface area contributed by atoms with Crippen LogP contribution in [0.15, 0.2) is 88.2 Å². The van der Waals surface area contributed by atoms with E-state index in [1.165, 1.54) is 6.07 Å². The van der Waals surface area contributed by atoms with Gasteiger partial charge in [-0.3, -0.25) is 0 Å². The van der Waals surface area contributed by atoms with E-state index in [9.17, 15) is 14.4 Å². The Kier molecular flexibility index (Phi) is 7.17. The highest BCUT2D eigenvalue weighted by Gasteiger charge is 2.28. The number of amides is 1. The zero-order chi connectivity index (χ0) is 28.4. The number of esters is 1. The smallest absolute Gasteiger partial charge is 0.408 e. The van der Waals surface area contributed by atoms with Gasteiger partial charge in [-0.05, 0) is 62.6 Å². The predicted molar refractivity (Wildman–Crippen MR) is 153 cm³/mol. The molecule has 3 aromatic carbocycles. The summed E-state index contributed by atoms with van der Waals surface area (Å²) < 4.78 is 16.8. The van der Waals surface area contributed by atoms with Crippen molar-refractivity contribution in [3.05, 3.63) is 101 Å². The lowest BCUT2D eigenvalue weighted by Crippen LogP contribution is -2.46. The summed E-state index contributed by atoms with van der Waals surface area (Å²) in [4.78, 5) is 41.8. The minimum Gasteiger partial charge on any atom is -0.444 e. The highest BCUT2D eigenvalue weighted by molar-refractivity contribution is 5.96. The summed E-state index contributed by atoms with van der Waals surface area (Å²) in [6.45, 7) is 6.96. The second-order valence-corrected chi connectivity index (χ2v) is 10.6. The highest BCUT2D eigenvalue weighted by atomic mass is 16.6. The summed E-state index contributed by atoms with van der Waals surface area (Å²) in [5.74, 6) is -0.457. The number of fused-ring (bicyclic) bond motifs is 2. The fourth-order valence-electron chi connectivity index (χ4n) is 4.65. The van der Waals surface area contributed by atoms with E-state index in [-0.39, 0.29) is 12.2 Å². The van der Waals surface area contributed by atoms with E-state index in [0.29, 0.717) is 16.5 Å². The molecule has 8 nitrogen and oxygen atoms in total. The monoisotopic (exact) mass is 538 g/mol. The Balaban J connectivity index is 1.47. The van der Waals surface area contributed by atoms with Crippen molar-refractivity contribution in [3.63, 3.8) is 0 Å². The third kappa shape index (κ3) is 5.76. The number of ether oxygens (including phenoxy) is 2. The number of H-pyrrole nitrogens is 1. The molecule has 0 aliphatic rings. The SMILES string of the molecule is Cc1c(OC(=O)[C@H](Cc2c[nH]c3ccccc23)NC(=O)OC(C)(C)C)ccc2c(-c3ccccc3)cc(=O)oc12. The molecule has 0 unspecified atom stereocenters. The van der Waals surface area contributed by atoms with Gasteiger partial charge in [0.05, 0.1) is 0 Å². The minimum atomic E-state index is -1.05. The molecule has 0 aliphatic carbocycles. The third-order valence-corrected chi connectivity index (χ3v) is 6.48. The van der Waals surface area contributed by atoms with Crippen molar-refractivity contribution in [2.45, 2.75) is 45.8 Å². The van der Waals surface area contributed by atoms with Gasteiger partial charge >= 0.3 is 17.7 Å². The summed E-state index contributed by atoms with van der Waals surface area (Å²) in [6.07, 6.45) is 1.24. The molecule has 0 radical (unpaired) electrons. The fourth-order valence-corrected chi connectivity index (χ4v) is 4.65. The van der Waals surface area contributed by atoms with Crippen molar-refractivity contribution in [3.8, 4) is 16.9 Å². The molecule has 0 bridgehead atoms. The van der Waals surface area contributed by atoms with Gasteiger partial charge in [-0.25, -0.2) is 14.4 Å². The molecule has 1 atom stereocenters. The number of hydrogen-bond donors (Lipinski definition) is 2. The molecule has 8 heteroatoms. The second kappa shape index (κ2) is 10.7. The zero-order valence-corrected chi connectivity index (χ0v) is 22.7. The van der Waals surface area contributed by atoms with E-state index in [1.807, 2.05) is 60.8 Å². The first-order chi connectivity index (χ1) is 19.1. The summed E-state index contributed by atoms with van der Waals surface area (Å²) in [5, 5.41) is 4.32. The Labute approximate surface area is 230 Å². The highest BCUT2D eigenvalue weighted by Crippen LogP contribution is 2.33. The number of nitrogens with one attached hydrogen (secondary N) is 2. The van der Waals surface area contributed by atoms with Crippen LogP contribution in [-0.2, 0) is 16.0 Å². The molecule has 2 N–H and O–H groups in total. The van der Waals surface area contributed by atoms with Crippen molar-refractivity contribution in [2.24, 2.45) is 0 Å². The number of rotatable bonds is 6. The fraction of sp³-hybridized carbons (Fsp3) is 0.219. The number of para-hydroxylation sites is 1. The first kappa shape index (κ1) is 26.7. The largest absolute Gasteiger partial charge is 0.444 e. The summed E-state index contributed by atoms with van der Waals surface area (Å²) >= 11 is 0. The standard InChI is InChI=1S/C32H30N2O6/c1-19-27(15-14-23-24(17-28(35)39-29(19)23)20-10-6-5-7-11-20)38-30(36)26(34-31(37)40-32(2,3)4)16-21-18-33-25-13-9-8-12-22(21)25/h5-15,17-18,26,33H,16H2,1-4H3,(H,34,37)/t26-/m0/s1. The molecule has 2 aromatic heterocycles. The summed E-state index contributed by atoms with van der Waals surface area (Å²) in [6, 6.07) is 21.0. The Bertz CT molecular complexity index is 1760. The van der Waals surface area contributed by atoms with E-state index in [0.717, 1.165) is 27.6 Å². The third-order valence-electron chi connectivity index (χ3n) is 6.48. The lowest BCUT2D eigenvalue weighted by atomic mass is 10.00. The first-order valence-corrected chi connectivity index (χ1v) is 13.0. The van der Waals surface area contributed by atoms with Gasteiger partial charge in [0, 0.05) is 40.5 Å². The maximum Gasteiger partial charge on any atom is 0.408 e. The molecule has 2 heterocycles. The van der Waals surface area contributed by atoms with Gasteiger partial charge < -0.3 is 24.2 Å². The molecule has 5 rings (SSSR count). The van der Waals surface area contributed by atoms with Gasteiger partial charge in [0.1, 0.15) is 23.0 Å². The Morgan fingerprint density at radius 1 is 0.975 bits per heavy atom. The first-order valence-electron chi connectivity index (χ1n) is 13.0. The van der Waals surface area contributed by atoms with Crippen LogP contribution in [0.1, 0.15) is 31.9 Å². The molecule has 5 aromatic rings. The van der Waals surface area contributed by atoms with Crippen LogP contribution < -0.4 is 15.7 Å². The van der Waals surface area contributed by atoms with Crippen LogP contribution in [-0.4, -0.2) is 28.7 Å². The average Bonchev–Trinajstić information content (AvgIpc) is 3.32. The van der Waals surface area contributed by atoms with Gasteiger partial charge in [0.2, 0.25) is 0 Å². The normalized spacial score (nSPS) is 12.3. The molecule has 0 aliphatic heterocycles. The minimum absolute atomic E-state index is 0.169. The Morgan fingerprint density at radius 3 is 2.45 bits per heavy atom. The number of carbonyl (C=O) groups is 2. The van der Waals surface area contributed by atoms with Crippen molar-refractivity contribution < 1.29 is 23.5 Å². The second-order valence-electron chi connectivity index (χ2n) is 10.6. The van der Waals surface area contributed by atoms with E-state index in [1.54, 1.807) is 39.8 Å². The van der Waals surface area contributed by atoms with Crippen LogP contribution in [0.2, 0.25) is 0 Å². The number of aryl methyl sites for hydroxylation is 1. The molecular weight excluding hydrogens is 508 g/mol. The zero-order valence-electron chi connectivity index (χ0n) is 22.7. The number of aromatic amines is 1. The predicted octanol–water partition coefficient (Wildman–Crippen LogP) is 6.29. The van der Waals surface area contributed by atoms with Crippen molar-refractivity contribution in [2.75, 3.05) is 0 Å². The number of hydrogen-bond acceptors (Lipinski definition) is 6. The van der Waals surface area contributed by atoms with Crippen LogP contribution in [0.25, 0.3) is 33.0 Å². The maximum atomic E-state index is 13.5. The van der Waals surface area contributed by atoms with Crippen LogP contribution >= 0.6 is 0 Å². The molecule has 204 valence electrons. The van der Waals surface area contributed by atoms with Gasteiger partial charge in [-0.15, -0.1) is 0 Å². The van der Waals surface area contributed by atoms with Gasteiger partial charge in [0.25, 0.3) is 0 Å². The molecule has 0 spiro atoms. The summed E-state index contributed by atoms with van der Waals surface area (Å²) in [5.41, 5.74) is 2.89. The van der Waals surface area contributed by atoms with Crippen LogP contribution in [0, 0.1) is 6.92 Å². The number of carbonyl (C=O) groups excluding carboxylic acids is 2. The van der Waals surface area contributed by atoms with Gasteiger partial charge in [0.15, 0.2) is 0 Å². The lowest BCUT2D eigenvalue weighted by molar-refractivity contribution is -0.136. The molecule has 0 saturated carbocycles. The van der Waals surface area contributed by atoms with Gasteiger partial charge in [-0.1, -0.05) is 48.5 Å². The van der Waals surface area contributed by atoms with Crippen molar-refractivity contribution in [1.82, 2.24) is 10.3 Å². The molecule has 0 fully saturated rings. The van der Waals surface area contributed by atoms with E-state index < -0.39 is 29.3 Å². The van der Waals surface area contributed by atoms with Crippen molar-refractivity contribution in [1.29, 1.82) is 0 Å². The average molecular weight is 539 g/mol.